The first kappa shape index (κ1) is 28.2. The van der Waals surface area contributed by atoms with Gasteiger partial charge in [0.05, 0.1) is 12.5 Å². The van der Waals surface area contributed by atoms with E-state index < -0.39 is 6.04 Å². The number of nitrogens with one attached hydrogen (secondary N) is 2. The molecule has 2 aromatic carbocycles. The minimum absolute atomic E-state index is 0.161. The van der Waals surface area contributed by atoms with Crippen molar-refractivity contribution < 1.29 is 14.4 Å². The van der Waals surface area contributed by atoms with E-state index in [1.807, 2.05) is 18.2 Å². The van der Waals surface area contributed by atoms with Crippen LogP contribution >= 0.6 is 0 Å². The van der Waals surface area contributed by atoms with Crippen LogP contribution in [0, 0.1) is 0 Å². The predicted molar refractivity (Wildman–Crippen MR) is 140 cm³/mol. The zero-order valence-electron chi connectivity index (χ0n) is 20.6. The summed E-state index contributed by atoms with van der Waals surface area (Å²) in [6, 6.07) is 17.9. The molecule has 1 atom stereocenters. The third kappa shape index (κ3) is 12.3. The van der Waals surface area contributed by atoms with Crippen molar-refractivity contribution in [2.45, 2.75) is 70.3 Å². The van der Waals surface area contributed by atoms with E-state index in [4.69, 9.17) is 11.5 Å². The molecule has 0 bridgehead atoms. The second-order valence-corrected chi connectivity index (χ2v) is 8.94. The minimum atomic E-state index is -0.558. The van der Waals surface area contributed by atoms with Gasteiger partial charge in [-0.1, -0.05) is 61.0 Å². The van der Waals surface area contributed by atoms with Gasteiger partial charge < -0.3 is 16.8 Å². The molecule has 0 aliphatic heterocycles. The predicted octanol–water partition coefficient (Wildman–Crippen LogP) is 2.79. The smallest absolute Gasteiger partial charge is 0.236 e. The van der Waals surface area contributed by atoms with Crippen molar-refractivity contribution in [3.63, 3.8) is 0 Å². The van der Waals surface area contributed by atoms with E-state index in [0.29, 0.717) is 25.9 Å². The largest absolute Gasteiger partial charge is 0.355 e. The van der Waals surface area contributed by atoms with Crippen LogP contribution in [0.15, 0.2) is 54.6 Å². The van der Waals surface area contributed by atoms with E-state index in [1.54, 1.807) is 0 Å². The lowest BCUT2D eigenvalue weighted by atomic mass is 10.0. The number of benzene rings is 2. The lowest BCUT2D eigenvalue weighted by Gasteiger charge is -2.11. The Hall–Kier alpha value is -3.03. The topological polar surface area (TPSA) is 127 Å². The molecule has 2 rings (SSSR count). The summed E-state index contributed by atoms with van der Waals surface area (Å²) < 4.78 is 0. The summed E-state index contributed by atoms with van der Waals surface area (Å²) in [6.07, 6.45) is 7.36. The van der Waals surface area contributed by atoms with Crippen molar-refractivity contribution >= 4 is 17.7 Å². The van der Waals surface area contributed by atoms with Crippen LogP contribution in [0.2, 0.25) is 0 Å². The minimum Gasteiger partial charge on any atom is -0.355 e. The highest BCUT2D eigenvalue weighted by atomic mass is 16.2. The monoisotopic (exact) mass is 480 g/mol. The molecule has 0 fully saturated rings. The molecule has 35 heavy (non-hydrogen) atoms. The maximum atomic E-state index is 12.2. The summed E-state index contributed by atoms with van der Waals surface area (Å²) in [5.41, 5.74) is 14.7. The fraction of sp³-hybridized carbons (Fsp3) is 0.464. The molecule has 0 heterocycles. The van der Waals surface area contributed by atoms with Gasteiger partial charge in [0.15, 0.2) is 0 Å². The van der Waals surface area contributed by atoms with E-state index in [2.05, 4.69) is 47.0 Å². The summed E-state index contributed by atoms with van der Waals surface area (Å²) in [5.74, 6) is -0.888. The van der Waals surface area contributed by atoms with Crippen molar-refractivity contribution in [1.82, 2.24) is 10.6 Å². The summed E-state index contributed by atoms with van der Waals surface area (Å²) >= 11 is 0. The molecule has 0 aromatic heterocycles. The van der Waals surface area contributed by atoms with Crippen LogP contribution in [0.5, 0.6) is 0 Å². The molecule has 190 valence electrons. The Morgan fingerprint density at radius 3 is 2.03 bits per heavy atom. The lowest BCUT2D eigenvalue weighted by molar-refractivity contribution is -0.130. The van der Waals surface area contributed by atoms with Gasteiger partial charge in [-0.2, -0.15) is 0 Å². The number of imide groups is 1. The summed E-state index contributed by atoms with van der Waals surface area (Å²) in [4.78, 5) is 36.1. The molecule has 0 aliphatic carbocycles. The van der Waals surface area contributed by atoms with Gasteiger partial charge in [0.1, 0.15) is 0 Å². The number of hydrogen-bond acceptors (Lipinski definition) is 5. The quantitative estimate of drug-likeness (QED) is 0.275. The van der Waals surface area contributed by atoms with Crippen LogP contribution in [0.1, 0.15) is 61.6 Å². The molecule has 0 radical (unpaired) electrons. The van der Waals surface area contributed by atoms with Gasteiger partial charge in [-0.3, -0.25) is 19.7 Å². The molecule has 0 spiro atoms. The Balaban J connectivity index is 1.57. The van der Waals surface area contributed by atoms with Gasteiger partial charge in [-0.15, -0.1) is 0 Å². The molecule has 0 saturated heterocycles. The fourth-order valence-electron chi connectivity index (χ4n) is 3.81. The van der Waals surface area contributed by atoms with Gasteiger partial charge in [0, 0.05) is 13.0 Å². The second-order valence-electron chi connectivity index (χ2n) is 8.94. The van der Waals surface area contributed by atoms with Crippen molar-refractivity contribution in [3.05, 3.63) is 71.3 Å². The van der Waals surface area contributed by atoms with Crippen LogP contribution in [-0.4, -0.2) is 36.9 Å². The third-order valence-corrected chi connectivity index (χ3v) is 5.88. The van der Waals surface area contributed by atoms with Crippen LogP contribution in [0.4, 0.5) is 0 Å². The zero-order chi connectivity index (χ0) is 25.3. The number of carbonyl (C=O) groups is 3. The van der Waals surface area contributed by atoms with E-state index in [1.165, 1.54) is 11.1 Å². The lowest BCUT2D eigenvalue weighted by Crippen LogP contribution is -2.41. The molecule has 0 saturated carbocycles. The summed E-state index contributed by atoms with van der Waals surface area (Å²) in [6.45, 7) is 0.931. The first-order valence-electron chi connectivity index (χ1n) is 12.7. The van der Waals surface area contributed by atoms with Gasteiger partial charge in [-0.05, 0) is 68.2 Å². The van der Waals surface area contributed by atoms with Crippen molar-refractivity contribution in [3.8, 4) is 0 Å². The molecule has 6 N–H and O–H groups in total. The fourth-order valence-corrected chi connectivity index (χ4v) is 3.81. The zero-order valence-corrected chi connectivity index (χ0v) is 20.6. The highest BCUT2D eigenvalue weighted by molar-refractivity contribution is 5.96. The van der Waals surface area contributed by atoms with Crippen LogP contribution < -0.4 is 22.1 Å². The highest BCUT2D eigenvalue weighted by Gasteiger charge is 2.13. The van der Waals surface area contributed by atoms with Gasteiger partial charge in [0.25, 0.3) is 0 Å². The average Bonchev–Trinajstić information content (AvgIpc) is 2.86. The molecular weight excluding hydrogens is 440 g/mol. The van der Waals surface area contributed by atoms with Crippen LogP contribution in [0.3, 0.4) is 0 Å². The number of carbonyl (C=O) groups excluding carboxylic acids is 3. The Kier molecular flexibility index (Phi) is 13.4. The van der Waals surface area contributed by atoms with Crippen molar-refractivity contribution in [2.24, 2.45) is 11.5 Å². The highest BCUT2D eigenvalue weighted by Crippen LogP contribution is 2.11. The SMILES string of the molecule is NCCCC[C@H](N)C(=O)NCCCC(=O)NC(=O)Cc1ccc(CCCCc2ccccc2)cc1. The average molecular weight is 481 g/mol. The standard InChI is InChI=1S/C28H40N4O3/c29-19-7-6-13-25(30)28(35)31-20-8-14-26(33)32-27(34)21-24-17-15-23(16-18-24)12-5-4-11-22-9-2-1-3-10-22/h1-3,9-10,15-18,25H,4-8,11-14,19-21,29-30H2,(H,31,35)(H,32,33,34)/t25-/m0/s1. The number of aryl methyl sites for hydroxylation is 2. The van der Waals surface area contributed by atoms with Gasteiger partial charge in [-0.25, -0.2) is 0 Å². The molecule has 0 aliphatic rings. The number of unbranched alkanes of at least 4 members (excludes halogenated alkanes) is 2. The molecule has 3 amide bonds. The maximum Gasteiger partial charge on any atom is 0.236 e. The van der Waals surface area contributed by atoms with E-state index in [9.17, 15) is 14.4 Å². The van der Waals surface area contributed by atoms with E-state index in [-0.39, 0.29) is 30.6 Å². The first-order chi connectivity index (χ1) is 17.0. The number of amides is 3. The number of rotatable bonds is 16. The molecule has 7 nitrogen and oxygen atoms in total. The Bertz CT molecular complexity index is 900. The Morgan fingerprint density at radius 2 is 1.37 bits per heavy atom. The maximum absolute atomic E-state index is 12.2. The molecular formula is C28H40N4O3. The van der Waals surface area contributed by atoms with Crippen molar-refractivity contribution in [1.29, 1.82) is 0 Å². The summed E-state index contributed by atoms with van der Waals surface area (Å²) in [5, 5.41) is 5.15. The normalized spacial score (nSPS) is 11.6. The van der Waals surface area contributed by atoms with E-state index >= 15 is 0 Å². The first-order valence-corrected chi connectivity index (χ1v) is 12.7. The molecule has 7 heteroatoms. The van der Waals surface area contributed by atoms with Crippen molar-refractivity contribution in [2.75, 3.05) is 13.1 Å². The second kappa shape index (κ2) is 16.6. The molecule has 2 aromatic rings. The van der Waals surface area contributed by atoms with Crippen LogP contribution in [0.25, 0.3) is 0 Å². The number of hydrogen-bond donors (Lipinski definition) is 4. The third-order valence-electron chi connectivity index (χ3n) is 5.88. The Morgan fingerprint density at radius 1 is 0.743 bits per heavy atom. The van der Waals surface area contributed by atoms with Crippen LogP contribution in [-0.2, 0) is 33.6 Å². The van der Waals surface area contributed by atoms with E-state index in [0.717, 1.165) is 44.1 Å². The van der Waals surface area contributed by atoms with Gasteiger partial charge in [0.2, 0.25) is 17.7 Å². The summed E-state index contributed by atoms with van der Waals surface area (Å²) in [7, 11) is 0. The number of nitrogens with two attached hydrogens (primary N) is 2. The Labute approximate surface area is 209 Å². The van der Waals surface area contributed by atoms with Gasteiger partial charge >= 0.3 is 0 Å². The molecule has 0 unspecified atom stereocenters.